The molecule has 1 heterocycles. The SMILES string of the molecule is CC1=C/C(=N\OC(=O)c2ccc(CNC(=O)CCc3cn(CCCCCCOCCOCCNC(=O)CC4C5CC6CC(C5)CC4C6)nn3)cc2C)C(C)=CC1=O. The fraction of sp³-hybridized carbons (Fsp3) is 0.614. The van der Waals surface area contributed by atoms with Gasteiger partial charge in [0.1, 0.15) is 5.71 Å². The maximum Gasteiger partial charge on any atom is 0.366 e. The molecule has 2 N–H and O–H groups in total. The Morgan fingerprint density at radius 3 is 2.33 bits per heavy atom. The number of hydrogen-bond donors (Lipinski definition) is 2. The number of ether oxygens (including phenoxy) is 2. The van der Waals surface area contributed by atoms with Crippen LogP contribution in [0, 0.1) is 36.5 Å². The number of ketones is 1. The molecule has 1 aromatic heterocycles. The highest BCUT2D eigenvalue weighted by molar-refractivity contribution is 6.21. The van der Waals surface area contributed by atoms with Crippen LogP contribution in [-0.2, 0) is 48.2 Å². The number of hydrogen-bond acceptors (Lipinski definition) is 10. The Kier molecular flexibility index (Phi) is 15.4. The van der Waals surface area contributed by atoms with Gasteiger partial charge in [0.2, 0.25) is 11.8 Å². The number of rotatable bonds is 22. The van der Waals surface area contributed by atoms with Crippen molar-refractivity contribution in [2.75, 3.05) is 33.0 Å². The molecule has 13 nitrogen and oxygen atoms in total. The molecule has 5 aliphatic carbocycles. The van der Waals surface area contributed by atoms with Crippen molar-refractivity contribution >= 4 is 29.3 Å². The first kappa shape index (κ1) is 42.1. The van der Waals surface area contributed by atoms with Gasteiger partial charge in [0.15, 0.2) is 5.78 Å². The van der Waals surface area contributed by atoms with E-state index in [2.05, 4.69) is 26.1 Å². The third-order valence-corrected chi connectivity index (χ3v) is 12.1. The predicted molar refractivity (Wildman–Crippen MR) is 215 cm³/mol. The molecule has 4 saturated carbocycles. The molecular formula is C44H60N6O7. The first-order valence-corrected chi connectivity index (χ1v) is 21.0. The summed E-state index contributed by atoms with van der Waals surface area (Å²) in [6.07, 6.45) is 17.4. The third kappa shape index (κ3) is 12.5. The van der Waals surface area contributed by atoms with E-state index in [4.69, 9.17) is 14.3 Å². The van der Waals surface area contributed by atoms with Gasteiger partial charge in [-0.25, -0.2) is 4.79 Å². The van der Waals surface area contributed by atoms with Crippen LogP contribution in [0.1, 0.15) is 112 Å². The van der Waals surface area contributed by atoms with Crippen LogP contribution in [0.15, 0.2) is 52.8 Å². The van der Waals surface area contributed by atoms with Gasteiger partial charge in [0.05, 0.1) is 31.1 Å². The minimum absolute atomic E-state index is 0.0880. The maximum atomic E-state index is 12.7. The van der Waals surface area contributed by atoms with Gasteiger partial charge in [-0.1, -0.05) is 35.3 Å². The van der Waals surface area contributed by atoms with E-state index in [1.165, 1.54) is 38.2 Å². The van der Waals surface area contributed by atoms with E-state index < -0.39 is 5.97 Å². The highest BCUT2D eigenvalue weighted by atomic mass is 16.7. The lowest BCUT2D eigenvalue weighted by Crippen LogP contribution is -2.46. The average molecular weight is 785 g/mol. The molecule has 2 amide bonds. The van der Waals surface area contributed by atoms with Crippen molar-refractivity contribution in [3.05, 3.63) is 70.1 Å². The Labute approximate surface area is 336 Å². The summed E-state index contributed by atoms with van der Waals surface area (Å²) in [6, 6.07) is 5.26. The summed E-state index contributed by atoms with van der Waals surface area (Å²) >= 11 is 0. The molecule has 4 bridgehead atoms. The molecule has 308 valence electrons. The largest absolute Gasteiger partial charge is 0.379 e. The molecule has 0 atom stereocenters. The summed E-state index contributed by atoms with van der Waals surface area (Å²) in [6.45, 7) is 9.21. The van der Waals surface area contributed by atoms with Gasteiger partial charge in [-0.15, -0.1) is 5.10 Å². The standard InChI is InChI=1S/C44H60N6O7/c1-29-18-32(8-10-38(29)44(54)57-48-40-19-31(3)41(51)20-30(40)2)27-46-42(52)11-9-37-28-50(49-47-37)13-6-4-5-7-14-55-16-17-56-15-12-45-43(53)26-39-35-22-33-21-34(24-35)25-36(39)23-33/h8,10,18-20,28,33-36,39H,4-7,9,11-17,21-27H2,1-3H3,(H,45,53)(H,46,52)/b48-40+. The van der Waals surface area contributed by atoms with Crippen molar-refractivity contribution in [1.82, 2.24) is 25.6 Å². The molecule has 13 heteroatoms. The number of carbonyl (C=O) groups excluding carboxylic acids is 4. The van der Waals surface area contributed by atoms with Crippen LogP contribution in [0.4, 0.5) is 0 Å². The van der Waals surface area contributed by atoms with Crippen molar-refractivity contribution in [2.24, 2.45) is 34.7 Å². The molecule has 7 rings (SSSR count). The summed E-state index contributed by atoms with van der Waals surface area (Å²) in [5.74, 6) is 3.48. The molecule has 2 aromatic rings. The number of aryl methyl sites for hydroxylation is 3. The zero-order valence-corrected chi connectivity index (χ0v) is 33.9. The summed E-state index contributed by atoms with van der Waals surface area (Å²) in [5, 5.41) is 18.4. The number of benzene rings is 1. The molecular weight excluding hydrogens is 725 g/mol. The number of aromatic nitrogens is 3. The molecule has 0 saturated heterocycles. The Morgan fingerprint density at radius 2 is 1.58 bits per heavy atom. The molecule has 1 aromatic carbocycles. The van der Waals surface area contributed by atoms with Gasteiger partial charge in [0, 0.05) is 51.7 Å². The van der Waals surface area contributed by atoms with Crippen LogP contribution in [0.5, 0.6) is 0 Å². The molecule has 0 radical (unpaired) electrons. The Bertz CT molecular complexity index is 1800. The monoisotopic (exact) mass is 784 g/mol. The van der Waals surface area contributed by atoms with E-state index in [1.54, 1.807) is 39.0 Å². The zero-order chi connectivity index (χ0) is 40.1. The lowest BCUT2D eigenvalue weighted by Gasteiger charge is -2.54. The molecule has 0 spiro atoms. The molecule has 5 aliphatic rings. The highest BCUT2D eigenvalue weighted by Gasteiger charge is 2.48. The van der Waals surface area contributed by atoms with Crippen LogP contribution in [0.25, 0.3) is 0 Å². The number of nitrogens with one attached hydrogen (secondary N) is 2. The number of nitrogens with zero attached hydrogens (tertiary/aromatic N) is 4. The van der Waals surface area contributed by atoms with Crippen molar-refractivity contribution < 1.29 is 33.5 Å². The van der Waals surface area contributed by atoms with Gasteiger partial charge in [-0.05, 0) is 136 Å². The predicted octanol–water partition coefficient (Wildman–Crippen LogP) is 6.00. The molecule has 0 aliphatic heterocycles. The molecule has 0 unspecified atom stereocenters. The van der Waals surface area contributed by atoms with Crippen molar-refractivity contribution in [3.8, 4) is 0 Å². The second-order valence-electron chi connectivity index (χ2n) is 16.6. The second kappa shape index (κ2) is 20.8. The first-order valence-electron chi connectivity index (χ1n) is 21.0. The van der Waals surface area contributed by atoms with Gasteiger partial charge < -0.3 is 24.9 Å². The fourth-order valence-corrected chi connectivity index (χ4v) is 9.24. The quantitative estimate of drug-likeness (QED) is 0.0632. The summed E-state index contributed by atoms with van der Waals surface area (Å²) in [5.41, 5.74) is 4.29. The van der Waals surface area contributed by atoms with Crippen molar-refractivity contribution in [2.45, 2.75) is 111 Å². The molecule has 57 heavy (non-hydrogen) atoms. The Hall–Kier alpha value is -4.49. The van der Waals surface area contributed by atoms with Gasteiger partial charge >= 0.3 is 5.97 Å². The van der Waals surface area contributed by atoms with E-state index in [0.717, 1.165) is 67.2 Å². The molecule has 4 fully saturated rings. The minimum Gasteiger partial charge on any atom is -0.379 e. The van der Waals surface area contributed by atoms with Crippen molar-refractivity contribution in [3.63, 3.8) is 0 Å². The highest BCUT2D eigenvalue weighted by Crippen LogP contribution is 2.57. The average Bonchev–Trinajstić information content (AvgIpc) is 3.64. The van der Waals surface area contributed by atoms with E-state index >= 15 is 0 Å². The Morgan fingerprint density at radius 1 is 0.842 bits per heavy atom. The summed E-state index contributed by atoms with van der Waals surface area (Å²) in [4.78, 5) is 54.7. The number of amides is 2. The van der Waals surface area contributed by atoms with Gasteiger partial charge in [-0.3, -0.25) is 19.1 Å². The Balaban J connectivity index is 0.742. The first-order chi connectivity index (χ1) is 27.6. The number of allylic oxidation sites excluding steroid dienone is 4. The summed E-state index contributed by atoms with van der Waals surface area (Å²) in [7, 11) is 0. The van der Waals surface area contributed by atoms with E-state index in [1.807, 2.05) is 16.9 Å². The van der Waals surface area contributed by atoms with Crippen LogP contribution >= 0.6 is 0 Å². The minimum atomic E-state index is -0.599. The fourth-order valence-electron chi connectivity index (χ4n) is 9.24. The number of oxime groups is 1. The van der Waals surface area contributed by atoms with Gasteiger partial charge in [-0.2, -0.15) is 0 Å². The third-order valence-electron chi connectivity index (χ3n) is 12.1. The summed E-state index contributed by atoms with van der Waals surface area (Å²) < 4.78 is 13.2. The van der Waals surface area contributed by atoms with E-state index in [0.29, 0.717) is 92.7 Å². The van der Waals surface area contributed by atoms with E-state index in [9.17, 15) is 19.2 Å². The van der Waals surface area contributed by atoms with Crippen LogP contribution < -0.4 is 10.6 Å². The number of unbranched alkanes of at least 4 members (excludes halogenated alkanes) is 3. The maximum absolute atomic E-state index is 12.7. The van der Waals surface area contributed by atoms with Crippen LogP contribution in [0.3, 0.4) is 0 Å². The lowest BCUT2D eigenvalue weighted by atomic mass is 9.51. The normalized spacial score (nSPS) is 23.0. The second-order valence-corrected chi connectivity index (χ2v) is 16.6. The van der Waals surface area contributed by atoms with Crippen LogP contribution in [0.2, 0.25) is 0 Å². The van der Waals surface area contributed by atoms with E-state index in [-0.39, 0.29) is 17.6 Å². The van der Waals surface area contributed by atoms with Gasteiger partial charge in [0.25, 0.3) is 0 Å². The van der Waals surface area contributed by atoms with Crippen molar-refractivity contribution in [1.29, 1.82) is 0 Å². The van der Waals surface area contributed by atoms with Crippen LogP contribution in [-0.4, -0.2) is 77.2 Å². The number of carbonyl (C=O) groups is 4. The zero-order valence-electron chi connectivity index (χ0n) is 33.9. The topological polar surface area (TPSA) is 163 Å². The lowest BCUT2D eigenvalue weighted by molar-refractivity contribution is -0.126. The smallest absolute Gasteiger partial charge is 0.366 e.